The van der Waals surface area contributed by atoms with Crippen LogP contribution >= 0.6 is 23.2 Å². The molecular weight excluding hydrogens is 343 g/mol. The maximum absolute atomic E-state index is 12.3. The highest BCUT2D eigenvalue weighted by Gasteiger charge is 2.26. The molecule has 0 aliphatic carbocycles. The van der Waals surface area contributed by atoms with Crippen LogP contribution in [0.1, 0.15) is 22.1 Å². The lowest BCUT2D eigenvalue weighted by molar-refractivity contribution is 0.0697. The van der Waals surface area contributed by atoms with E-state index in [0.29, 0.717) is 0 Å². The molecule has 0 saturated carbocycles. The van der Waals surface area contributed by atoms with Gasteiger partial charge in [-0.3, -0.25) is 0 Å². The lowest BCUT2D eigenvalue weighted by Gasteiger charge is -2.08. The summed E-state index contributed by atoms with van der Waals surface area (Å²) >= 11 is 11.6. The zero-order chi connectivity index (χ0) is 15.8. The second-order valence-electron chi connectivity index (χ2n) is 4.07. The number of halogens is 2. The molecule has 0 aliphatic heterocycles. The molecule has 2 rings (SSSR count). The van der Waals surface area contributed by atoms with Gasteiger partial charge in [0.1, 0.15) is 5.75 Å². The molecule has 1 heterocycles. The minimum atomic E-state index is -3.99. The van der Waals surface area contributed by atoms with Gasteiger partial charge in [-0.25, -0.2) is 13.2 Å². The van der Waals surface area contributed by atoms with Gasteiger partial charge in [0.05, 0.1) is 15.5 Å². The largest absolute Gasteiger partial charge is 0.478 e. The second kappa shape index (κ2) is 5.63. The smallest absolute Gasteiger partial charge is 0.337 e. The Hall–Kier alpha value is -1.64. The zero-order valence-corrected chi connectivity index (χ0v) is 12.8. The Kier molecular flexibility index (Phi) is 4.22. The van der Waals surface area contributed by atoms with E-state index in [0.717, 1.165) is 12.1 Å². The summed E-state index contributed by atoms with van der Waals surface area (Å²) in [5.74, 6) is -1.83. The number of hydrogen-bond donors (Lipinski definition) is 1. The summed E-state index contributed by atoms with van der Waals surface area (Å²) < 4.78 is 29.3. The summed E-state index contributed by atoms with van der Waals surface area (Å²) in [6.45, 7) is 1.54. The standard InChI is InChI=1S/C11H8Cl2N2O5S/c1-5-14-9(20-15-5)4-21(18,19)8-3-6(12)2-7(10(8)13)11(16)17/h2-3H,4H2,1H3,(H,16,17). The van der Waals surface area contributed by atoms with Crippen LogP contribution in [0.4, 0.5) is 0 Å². The summed E-state index contributed by atoms with van der Waals surface area (Å²) in [6.07, 6.45) is 0. The van der Waals surface area contributed by atoms with Crippen molar-refractivity contribution < 1.29 is 22.8 Å². The Morgan fingerprint density at radius 3 is 2.57 bits per heavy atom. The molecule has 1 aromatic heterocycles. The predicted octanol–water partition coefficient (Wildman–Crippen LogP) is 2.36. The molecule has 1 N–H and O–H groups in total. The number of nitrogens with zero attached hydrogens (tertiary/aromatic N) is 2. The Morgan fingerprint density at radius 2 is 2.05 bits per heavy atom. The molecule has 2 aromatic rings. The van der Waals surface area contributed by atoms with Crippen LogP contribution < -0.4 is 0 Å². The molecule has 0 aliphatic rings. The van der Waals surface area contributed by atoms with Crippen LogP contribution in [0.5, 0.6) is 0 Å². The highest BCUT2D eigenvalue weighted by Crippen LogP contribution is 2.31. The van der Waals surface area contributed by atoms with Crippen LogP contribution in [0.3, 0.4) is 0 Å². The van der Waals surface area contributed by atoms with Crippen LogP contribution in [0.25, 0.3) is 0 Å². The van der Waals surface area contributed by atoms with Gasteiger partial charge < -0.3 is 9.63 Å². The molecule has 0 atom stereocenters. The van der Waals surface area contributed by atoms with Crippen molar-refractivity contribution in [2.24, 2.45) is 0 Å². The lowest BCUT2D eigenvalue weighted by Crippen LogP contribution is -2.09. The van der Waals surface area contributed by atoms with E-state index in [1.807, 2.05) is 0 Å². The molecule has 7 nitrogen and oxygen atoms in total. The van der Waals surface area contributed by atoms with Gasteiger partial charge in [0.2, 0.25) is 5.89 Å². The van der Waals surface area contributed by atoms with Crippen LogP contribution in [0.2, 0.25) is 10.0 Å². The van der Waals surface area contributed by atoms with E-state index in [1.54, 1.807) is 0 Å². The van der Waals surface area contributed by atoms with Gasteiger partial charge in [-0.15, -0.1) is 0 Å². The van der Waals surface area contributed by atoms with Crippen molar-refractivity contribution in [1.82, 2.24) is 10.1 Å². The van der Waals surface area contributed by atoms with Gasteiger partial charge in [0, 0.05) is 5.02 Å². The van der Waals surface area contributed by atoms with E-state index in [2.05, 4.69) is 10.1 Å². The van der Waals surface area contributed by atoms with Crippen LogP contribution in [-0.4, -0.2) is 29.6 Å². The summed E-state index contributed by atoms with van der Waals surface area (Å²) in [6, 6.07) is 2.15. The third-order valence-electron chi connectivity index (χ3n) is 2.45. The Labute approximate surface area is 129 Å². The molecule has 10 heteroatoms. The number of carboxylic acid groups (broad SMARTS) is 1. The molecule has 0 radical (unpaired) electrons. The maximum Gasteiger partial charge on any atom is 0.337 e. The van der Waals surface area contributed by atoms with Gasteiger partial charge in [-0.05, 0) is 19.1 Å². The zero-order valence-electron chi connectivity index (χ0n) is 10.5. The number of sulfone groups is 1. The molecule has 1 aromatic carbocycles. The second-order valence-corrected chi connectivity index (χ2v) is 6.84. The molecule has 112 valence electrons. The summed E-state index contributed by atoms with van der Waals surface area (Å²) in [4.78, 5) is 14.4. The van der Waals surface area contributed by atoms with E-state index in [4.69, 9.17) is 32.8 Å². The van der Waals surface area contributed by atoms with Crippen molar-refractivity contribution in [3.63, 3.8) is 0 Å². The number of carbonyl (C=O) groups is 1. The average Bonchev–Trinajstić information content (AvgIpc) is 2.76. The lowest BCUT2D eigenvalue weighted by atomic mass is 10.2. The molecule has 0 bridgehead atoms. The molecule has 0 spiro atoms. The molecule has 0 unspecified atom stereocenters. The normalized spacial score (nSPS) is 11.6. The molecule has 0 saturated heterocycles. The number of aromatic carboxylic acids is 1. The van der Waals surface area contributed by atoms with Crippen LogP contribution in [0, 0.1) is 6.92 Å². The Balaban J connectivity index is 2.52. The summed E-state index contributed by atoms with van der Waals surface area (Å²) in [7, 11) is -3.99. The first-order chi connectivity index (χ1) is 9.70. The highest BCUT2D eigenvalue weighted by molar-refractivity contribution is 7.90. The number of aromatic nitrogens is 2. The van der Waals surface area contributed by atoms with Gasteiger partial charge in [-0.1, -0.05) is 28.4 Å². The van der Waals surface area contributed by atoms with E-state index in [-0.39, 0.29) is 16.7 Å². The van der Waals surface area contributed by atoms with Crippen molar-refractivity contribution in [2.45, 2.75) is 17.6 Å². The fourth-order valence-electron chi connectivity index (χ4n) is 1.59. The first-order valence-electron chi connectivity index (χ1n) is 5.45. The van der Waals surface area contributed by atoms with Crippen molar-refractivity contribution in [3.05, 3.63) is 39.5 Å². The maximum atomic E-state index is 12.3. The minimum Gasteiger partial charge on any atom is -0.478 e. The summed E-state index contributed by atoms with van der Waals surface area (Å²) in [5.41, 5.74) is -0.399. The molecule has 21 heavy (non-hydrogen) atoms. The number of rotatable bonds is 4. The monoisotopic (exact) mass is 350 g/mol. The predicted molar refractivity (Wildman–Crippen MR) is 73.3 cm³/mol. The number of carboxylic acids is 1. The van der Waals surface area contributed by atoms with E-state index in [9.17, 15) is 13.2 Å². The number of benzene rings is 1. The topological polar surface area (TPSA) is 110 Å². The number of hydrogen-bond acceptors (Lipinski definition) is 6. The third-order valence-corrected chi connectivity index (χ3v) is 4.81. The third kappa shape index (κ3) is 3.34. The highest BCUT2D eigenvalue weighted by atomic mass is 35.5. The van der Waals surface area contributed by atoms with Gasteiger partial charge in [0.25, 0.3) is 0 Å². The van der Waals surface area contributed by atoms with Crippen molar-refractivity contribution >= 4 is 39.0 Å². The van der Waals surface area contributed by atoms with Crippen molar-refractivity contribution in [1.29, 1.82) is 0 Å². The van der Waals surface area contributed by atoms with Crippen LogP contribution in [-0.2, 0) is 15.6 Å². The van der Waals surface area contributed by atoms with Crippen molar-refractivity contribution in [3.8, 4) is 0 Å². The first kappa shape index (κ1) is 15.7. The van der Waals surface area contributed by atoms with Gasteiger partial charge >= 0.3 is 5.97 Å². The summed E-state index contributed by atoms with van der Waals surface area (Å²) in [5, 5.41) is 12.0. The molecular formula is C11H8Cl2N2O5S. The van der Waals surface area contributed by atoms with E-state index >= 15 is 0 Å². The van der Waals surface area contributed by atoms with E-state index < -0.39 is 37.0 Å². The quantitative estimate of drug-likeness (QED) is 0.900. The van der Waals surface area contributed by atoms with E-state index in [1.165, 1.54) is 6.92 Å². The fourth-order valence-corrected chi connectivity index (χ4v) is 3.70. The first-order valence-corrected chi connectivity index (χ1v) is 7.86. The van der Waals surface area contributed by atoms with Crippen LogP contribution in [0.15, 0.2) is 21.6 Å². The van der Waals surface area contributed by atoms with Crippen molar-refractivity contribution in [2.75, 3.05) is 0 Å². The molecule has 0 fully saturated rings. The SMILES string of the molecule is Cc1noc(CS(=O)(=O)c2cc(Cl)cc(C(=O)O)c2Cl)n1. The Bertz CT molecular complexity index is 816. The Morgan fingerprint density at radius 1 is 1.38 bits per heavy atom. The number of aryl methyl sites for hydroxylation is 1. The fraction of sp³-hybridized carbons (Fsp3) is 0.182. The van der Waals surface area contributed by atoms with Gasteiger partial charge in [-0.2, -0.15) is 4.98 Å². The molecule has 0 amide bonds. The average molecular weight is 351 g/mol. The minimum absolute atomic E-state index is 0.0583. The van der Waals surface area contributed by atoms with Gasteiger partial charge in [0.15, 0.2) is 15.7 Å².